The number of halogens is 2. The van der Waals surface area contributed by atoms with Gasteiger partial charge in [-0.2, -0.15) is 9.67 Å². The van der Waals surface area contributed by atoms with Crippen LogP contribution in [0.15, 0.2) is 78.9 Å². The Morgan fingerprint density at radius 3 is 1.94 bits per heavy atom. The third kappa shape index (κ3) is 5.05. The first kappa shape index (κ1) is 20.9. The lowest BCUT2D eigenvalue weighted by Gasteiger charge is -2.08. The van der Waals surface area contributed by atoms with E-state index < -0.39 is 0 Å². The zero-order chi connectivity index (χ0) is 21.6. The molecule has 0 aliphatic rings. The number of aromatic nitrogens is 3. The molecular formula is C23H19Cl2N5O. The van der Waals surface area contributed by atoms with Gasteiger partial charge >= 0.3 is 0 Å². The summed E-state index contributed by atoms with van der Waals surface area (Å²) in [6.07, 6.45) is 0. The van der Waals surface area contributed by atoms with Gasteiger partial charge in [0.1, 0.15) is 0 Å². The van der Waals surface area contributed by atoms with Gasteiger partial charge in [-0.15, -0.1) is 5.10 Å². The first-order valence-electron chi connectivity index (χ1n) is 9.63. The van der Waals surface area contributed by atoms with Gasteiger partial charge in [0.2, 0.25) is 11.9 Å². The van der Waals surface area contributed by atoms with Crippen LogP contribution in [0.5, 0.6) is 0 Å². The molecule has 0 bridgehead atoms. The zero-order valence-corrected chi connectivity index (χ0v) is 17.9. The molecule has 0 fully saturated rings. The summed E-state index contributed by atoms with van der Waals surface area (Å²) in [6.45, 7) is 0.817. The largest absolute Gasteiger partial charge is 0.350 e. The molecule has 4 aromatic rings. The lowest BCUT2D eigenvalue weighted by molar-refractivity contribution is 0.0947. The average molecular weight is 452 g/mol. The number of rotatable bonds is 7. The monoisotopic (exact) mass is 451 g/mol. The number of hydrogen-bond acceptors (Lipinski definition) is 5. The number of anilines is 2. The highest BCUT2D eigenvalue weighted by atomic mass is 35.5. The lowest BCUT2D eigenvalue weighted by atomic mass is 10.2. The Balaban J connectivity index is 1.59. The normalized spacial score (nSPS) is 10.6. The van der Waals surface area contributed by atoms with Crippen LogP contribution in [0, 0.1) is 0 Å². The van der Waals surface area contributed by atoms with Crippen molar-refractivity contribution in [1.29, 1.82) is 0 Å². The van der Waals surface area contributed by atoms with Gasteiger partial charge in [-0.1, -0.05) is 77.8 Å². The molecule has 3 aromatic carbocycles. The van der Waals surface area contributed by atoms with Crippen molar-refractivity contribution in [3.05, 3.63) is 106 Å². The zero-order valence-electron chi connectivity index (χ0n) is 16.4. The maximum absolute atomic E-state index is 13.0. The topological polar surface area (TPSA) is 71.8 Å². The van der Waals surface area contributed by atoms with E-state index in [9.17, 15) is 4.79 Å². The Labute approximate surface area is 189 Å². The van der Waals surface area contributed by atoms with E-state index in [2.05, 4.69) is 20.7 Å². The van der Waals surface area contributed by atoms with E-state index in [4.69, 9.17) is 23.2 Å². The van der Waals surface area contributed by atoms with Gasteiger partial charge in [0.25, 0.3) is 5.91 Å². The van der Waals surface area contributed by atoms with E-state index >= 15 is 0 Å². The summed E-state index contributed by atoms with van der Waals surface area (Å²) in [7, 11) is 0. The highest BCUT2D eigenvalue weighted by molar-refractivity contribution is 6.31. The third-order valence-electron chi connectivity index (χ3n) is 4.61. The second kappa shape index (κ2) is 9.64. The number of hydrogen-bond donors (Lipinski definition) is 2. The van der Waals surface area contributed by atoms with Gasteiger partial charge in [0.15, 0.2) is 0 Å². The molecule has 8 heteroatoms. The molecule has 1 heterocycles. The number of nitrogens with zero attached hydrogens (tertiary/aromatic N) is 3. The van der Waals surface area contributed by atoms with Gasteiger partial charge in [0, 0.05) is 28.7 Å². The molecular weight excluding hydrogens is 433 g/mol. The van der Waals surface area contributed by atoms with Crippen LogP contribution >= 0.6 is 23.2 Å². The first-order chi connectivity index (χ1) is 15.1. The van der Waals surface area contributed by atoms with Crippen molar-refractivity contribution in [1.82, 2.24) is 14.8 Å². The first-order valence-corrected chi connectivity index (χ1v) is 10.4. The van der Waals surface area contributed by atoms with Crippen LogP contribution in [0.3, 0.4) is 0 Å². The summed E-state index contributed by atoms with van der Waals surface area (Å²) < 4.78 is 1.25. The fourth-order valence-corrected chi connectivity index (χ4v) is 3.38. The summed E-state index contributed by atoms with van der Waals surface area (Å²) in [6, 6.07) is 23.9. The SMILES string of the molecule is O=C(c1ccccc1)n1nc(NCc2ccccc2Cl)nc1NCc1ccccc1Cl. The molecule has 0 saturated carbocycles. The number of benzene rings is 3. The molecule has 0 aliphatic carbocycles. The summed E-state index contributed by atoms with van der Waals surface area (Å²) in [5.74, 6) is 0.335. The molecule has 156 valence electrons. The van der Waals surface area contributed by atoms with E-state index in [1.807, 2.05) is 54.6 Å². The summed E-state index contributed by atoms with van der Waals surface area (Å²) in [5.41, 5.74) is 2.29. The van der Waals surface area contributed by atoms with Crippen molar-refractivity contribution in [2.45, 2.75) is 13.1 Å². The average Bonchev–Trinajstić information content (AvgIpc) is 3.21. The van der Waals surface area contributed by atoms with Crippen molar-refractivity contribution < 1.29 is 4.79 Å². The molecule has 0 saturated heterocycles. The second-order valence-electron chi connectivity index (χ2n) is 6.73. The van der Waals surface area contributed by atoms with Gasteiger partial charge < -0.3 is 10.6 Å². The Morgan fingerprint density at radius 1 is 0.774 bits per heavy atom. The molecule has 1 aromatic heterocycles. The number of carbonyl (C=O) groups excluding carboxylic acids is 1. The summed E-state index contributed by atoms with van der Waals surface area (Å²) in [5, 5.41) is 12.0. The highest BCUT2D eigenvalue weighted by Crippen LogP contribution is 2.20. The van der Waals surface area contributed by atoms with E-state index in [1.165, 1.54) is 4.68 Å². The predicted molar refractivity (Wildman–Crippen MR) is 124 cm³/mol. The minimum Gasteiger partial charge on any atom is -0.350 e. The van der Waals surface area contributed by atoms with E-state index in [1.54, 1.807) is 24.3 Å². The summed E-state index contributed by atoms with van der Waals surface area (Å²) in [4.78, 5) is 17.5. The van der Waals surface area contributed by atoms with Crippen LogP contribution in [0.4, 0.5) is 11.9 Å². The van der Waals surface area contributed by atoms with Crippen LogP contribution in [0.25, 0.3) is 0 Å². The maximum Gasteiger partial charge on any atom is 0.281 e. The van der Waals surface area contributed by atoms with E-state index in [-0.39, 0.29) is 5.91 Å². The second-order valence-corrected chi connectivity index (χ2v) is 7.55. The van der Waals surface area contributed by atoms with Crippen LogP contribution in [0.2, 0.25) is 10.0 Å². The lowest BCUT2D eigenvalue weighted by Crippen LogP contribution is -2.17. The molecule has 6 nitrogen and oxygen atoms in total. The highest BCUT2D eigenvalue weighted by Gasteiger charge is 2.18. The molecule has 4 rings (SSSR count). The molecule has 0 unspecified atom stereocenters. The quantitative estimate of drug-likeness (QED) is 0.388. The van der Waals surface area contributed by atoms with Crippen LogP contribution in [-0.2, 0) is 13.1 Å². The van der Waals surface area contributed by atoms with Crippen molar-refractivity contribution in [3.63, 3.8) is 0 Å². The molecule has 2 N–H and O–H groups in total. The molecule has 0 spiro atoms. The van der Waals surface area contributed by atoms with Gasteiger partial charge in [0.05, 0.1) is 0 Å². The van der Waals surface area contributed by atoms with Gasteiger partial charge in [-0.25, -0.2) is 0 Å². The van der Waals surface area contributed by atoms with E-state index in [0.29, 0.717) is 40.6 Å². The van der Waals surface area contributed by atoms with Gasteiger partial charge in [-0.05, 0) is 35.4 Å². The molecule has 0 amide bonds. The van der Waals surface area contributed by atoms with Crippen LogP contribution < -0.4 is 10.6 Å². The van der Waals surface area contributed by atoms with Crippen molar-refractivity contribution >= 4 is 41.0 Å². The molecule has 0 radical (unpaired) electrons. The van der Waals surface area contributed by atoms with Crippen LogP contribution in [0.1, 0.15) is 21.5 Å². The Bertz CT molecular complexity index is 1190. The molecule has 31 heavy (non-hydrogen) atoms. The van der Waals surface area contributed by atoms with Crippen molar-refractivity contribution in [2.75, 3.05) is 10.6 Å². The summed E-state index contributed by atoms with van der Waals surface area (Å²) >= 11 is 12.5. The molecule has 0 atom stereocenters. The minimum atomic E-state index is -0.291. The fraction of sp³-hybridized carbons (Fsp3) is 0.0870. The predicted octanol–water partition coefficient (Wildman–Crippen LogP) is 5.50. The van der Waals surface area contributed by atoms with Crippen LogP contribution in [-0.4, -0.2) is 20.7 Å². The smallest absolute Gasteiger partial charge is 0.281 e. The van der Waals surface area contributed by atoms with E-state index in [0.717, 1.165) is 11.1 Å². The minimum absolute atomic E-state index is 0.291. The molecule has 0 aliphatic heterocycles. The van der Waals surface area contributed by atoms with Crippen molar-refractivity contribution in [2.24, 2.45) is 0 Å². The number of nitrogens with one attached hydrogen (secondary N) is 2. The van der Waals surface area contributed by atoms with Gasteiger partial charge in [-0.3, -0.25) is 4.79 Å². The standard InChI is InChI=1S/C23H19Cl2N5O/c24-19-12-6-4-10-17(19)14-26-22-28-23(27-15-18-11-5-7-13-20(18)25)30(29-22)21(31)16-8-2-1-3-9-16/h1-13H,14-15H2,(H2,26,27,28,29). The Kier molecular flexibility index (Phi) is 6.50. The third-order valence-corrected chi connectivity index (χ3v) is 5.35. The van der Waals surface area contributed by atoms with Crippen molar-refractivity contribution in [3.8, 4) is 0 Å². The Hall–Kier alpha value is -3.35. The maximum atomic E-state index is 13.0. The Morgan fingerprint density at radius 2 is 1.32 bits per heavy atom. The number of carbonyl (C=O) groups is 1. The fourth-order valence-electron chi connectivity index (χ4n) is 2.98.